The van der Waals surface area contributed by atoms with Gasteiger partial charge in [-0.2, -0.15) is 5.10 Å². The zero-order valence-corrected chi connectivity index (χ0v) is 13.1. The molecule has 1 saturated heterocycles. The minimum Gasteiger partial charge on any atom is -0.306 e. The highest BCUT2D eigenvalue weighted by Crippen LogP contribution is 2.25. The molecule has 3 rings (SSSR count). The van der Waals surface area contributed by atoms with Crippen LogP contribution < -0.4 is 4.90 Å². The number of rotatable bonds is 3. The van der Waals surface area contributed by atoms with Crippen LogP contribution >= 0.6 is 0 Å². The van der Waals surface area contributed by atoms with E-state index in [1.54, 1.807) is 10.7 Å². The highest BCUT2D eigenvalue weighted by atomic mass is 16.2. The number of carbonyl (C=O) groups excluding carboxylic acids is 1. The third kappa shape index (κ3) is 3.04. The molecular formula is C17H22N4O. The van der Waals surface area contributed by atoms with E-state index in [2.05, 4.69) is 17.0 Å². The van der Waals surface area contributed by atoms with E-state index < -0.39 is 0 Å². The monoisotopic (exact) mass is 298 g/mol. The molecule has 116 valence electrons. The summed E-state index contributed by atoms with van der Waals surface area (Å²) in [5.41, 5.74) is 1.46. The Balaban J connectivity index is 1.91. The second-order valence-electron chi connectivity index (χ2n) is 5.92. The van der Waals surface area contributed by atoms with Crippen LogP contribution in [0.2, 0.25) is 0 Å². The third-order valence-corrected chi connectivity index (χ3v) is 4.24. The van der Waals surface area contributed by atoms with E-state index in [-0.39, 0.29) is 11.9 Å². The smallest absolute Gasteiger partial charge is 0.279 e. The highest BCUT2D eigenvalue weighted by Gasteiger charge is 2.29. The van der Waals surface area contributed by atoms with Gasteiger partial charge in [-0.3, -0.25) is 9.48 Å². The number of aromatic nitrogens is 2. The second kappa shape index (κ2) is 6.32. The predicted octanol–water partition coefficient (Wildman–Crippen LogP) is 2.16. The molecule has 22 heavy (non-hydrogen) atoms. The normalized spacial score (nSPS) is 16.6. The van der Waals surface area contributed by atoms with E-state index in [4.69, 9.17) is 0 Å². The second-order valence-corrected chi connectivity index (χ2v) is 5.92. The molecule has 0 saturated carbocycles. The molecule has 0 bridgehead atoms. The molecule has 1 amide bonds. The summed E-state index contributed by atoms with van der Waals surface area (Å²) in [6.45, 7) is 2.03. The number of carbonyl (C=O) groups is 1. The number of amides is 1. The Morgan fingerprint density at radius 1 is 1.14 bits per heavy atom. The summed E-state index contributed by atoms with van der Waals surface area (Å²) in [6.07, 6.45) is 3.79. The Hall–Kier alpha value is -2.14. The molecule has 5 nitrogen and oxygen atoms in total. The molecule has 0 aliphatic carbocycles. The first-order valence-corrected chi connectivity index (χ1v) is 7.72. The number of para-hydroxylation sites is 1. The third-order valence-electron chi connectivity index (χ3n) is 4.24. The minimum atomic E-state index is -0.0126. The summed E-state index contributed by atoms with van der Waals surface area (Å²) in [4.78, 5) is 17.2. The van der Waals surface area contributed by atoms with Gasteiger partial charge in [0, 0.05) is 25.0 Å². The predicted molar refractivity (Wildman–Crippen MR) is 87.0 cm³/mol. The zero-order valence-electron chi connectivity index (χ0n) is 13.1. The molecule has 5 heteroatoms. The molecule has 0 atom stereocenters. The van der Waals surface area contributed by atoms with Crippen molar-refractivity contribution in [3.63, 3.8) is 0 Å². The first-order chi connectivity index (χ1) is 10.6. The van der Waals surface area contributed by atoms with Crippen molar-refractivity contribution in [3.8, 4) is 0 Å². The topological polar surface area (TPSA) is 41.4 Å². The van der Waals surface area contributed by atoms with Crippen LogP contribution in [-0.4, -0.2) is 46.8 Å². The lowest BCUT2D eigenvalue weighted by Crippen LogP contribution is -2.47. The minimum absolute atomic E-state index is 0.0126. The van der Waals surface area contributed by atoms with Gasteiger partial charge in [-0.25, -0.2) is 0 Å². The van der Waals surface area contributed by atoms with Gasteiger partial charge < -0.3 is 9.80 Å². The Bertz CT molecular complexity index is 629. The number of hydrogen-bond acceptors (Lipinski definition) is 3. The van der Waals surface area contributed by atoms with Crippen molar-refractivity contribution in [3.05, 3.63) is 48.3 Å². The zero-order chi connectivity index (χ0) is 15.5. The molecule has 1 aliphatic rings. The van der Waals surface area contributed by atoms with Crippen molar-refractivity contribution in [2.75, 3.05) is 25.0 Å². The Labute approximate surface area is 131 Å². The summed E-state index contributed by atoms with van der Waals surface area (Å²) in [6, 6.07) is 11.9. The summed E-state index contributed by atoms with van der Waals surface area (Å²) in [5, 5.41) is 4.28. The van der Waals surface area contributed by atoms with Crippen molar-refractivity contribution >= 4 is 11.6 Å². The van der Waals surface area contributed by atoms with Gasteiger partial charge in [-0.05, 0) is 51.2 Å². The van der Waals surface area contributed by atoms with Crippen LogP contribution in [0, 0.1) is 0 Å². The molecule has 0 unspecified atom stereocenters. The number of anilines is 1. The van der Waals surface area contributed by atoms with Gasteiger partial charge in [-0.15, -0.1) is 0 Å². The van der Waals surface area contributed by atoms with Crippen LogP contribution in [0.5, 0.6) is 0 Å². The van der Waals surface area contributed by atoms with Crippen LogP contribution in [0.25, 0.3) is 0 Å². The standard InChI is InChI=1S/C17H22N4O/c1-19-11-8-15(9-12-19)21(14-6-4-3-5-7-14)17(22)16-10-13-20(2)18-16/h3-7,10,13,15H,8-9,11-12H2,1-2H3. The van der Waals surface area contributed by atoms with E-state index in [1.165, 1.54) is 0 Å². The fourth-order valence-corrected chi connectivity index (χ4v) is 2.99. The van der Waals surface area contributed by atoms with E-state index in [0.29, 0.717) is 5.69 Å². The van der Waals surface area contributed by atoms with Crippen molar-refractivity contribution in [2.45, 2.75) is 18.9 Å². The number of piperidine rings is 1. The molecule has 0 N–H and O–H groups in total. The molecule has 2 heterocycles. The summed E-state index contributed by atoms with van der Waals surface area (Å²) in [7, 11) is 3.96. The number of hydrogen-bond donors (Lipinski definition) is 0. The average molecular weight is 298 g/mol. The molecule has 0 radical (unpaired) electrons. The highest BCUT2D eigenvalue weighted by molar-refractivity contribution is 6.05. The summed E-state index contributed by atoms with van der Waals surface area (Å²) < 4.78 is 1.67. The fraction of sp³-hybridized carbons (Fsp3) is 0.412. The maximum Gasteiger partial charge on any atom is 0.279 e. The fourth-order valence-electron chi connectivity index (χ4n) is 2.99. The van der Waals surface area contributed by atoms with Gasteiger partial charge in [0.25, 0.3) is 5.91 Å². The van der Waals surface area contributed by atoms with Crippen molar-refractivity contribution < 1.29 is 4.79 Å². The largest absolute Gasteiger partial charge is 0.306 e. The van der Waals surface area contributed by atoms with Gasteiger partial charge >= 0.3 is 0 Å². The summed E-state index contributed by atoms with van der Waals surface area (Å²) >= 11 is 0. The lowest BCUT2D eigenvalue weighted by Gasteiger charge is -2.37. The molecule has 1 aliphatic heterocycles. The van der Waals surface area contributed by atoms with Gasteiger partial charge in [0.15, 0.2) is 5.69 Å². The maximum absolute atomic E-state index is 13.0. The Kier molecular flexibility index (Phi) is 4.24. The Morgan fingerprint density at radius 3 is 2.41 bits per heavy atom. The van der Waals surface area contributed by atoms with Crippen molar-refractivity contribution in [1.29, 1.82) is 0 Å². The Morgan fingerprint density at radius 2 is 1.82 bits per heavy atom. The first-order valence-electron chi connectivity index (χ1n) is 7.72. The molecule has 1 fully saturated rings. The van der Waals surface area contributed by atoms with E-state index in [9.17, 15) is 4.79 Å². The molecular weight excluding hydrogens is 276 g/mol. The molecule has 0 spiro atoms. The van der Waals surface area contributed by atoms with E-state index in [1.807, 2.05) is 48.5 Å². The van der Waals surface area contributed by atoms with Gasteiger partial charge in [-0.1, -0.05) is 18.2 Å². The van der Waals surface area contributed by atoms with E-state index >= 15 is 0 Å². The van der Waals surface area contributed by atoms with Crippen LogP contribution in [0.4, 0.5) is 5.69 Å². The van der Waals surface area contributed by atoms with Crippen molar-refractivity contribution in [1.82, 2.24) is 14.7 Å². The van der Waals surface area contributed by atoms with Crippen LogP contribution in [0.3, 0.4) is 0 Å². The van der Waals surface area contributed by atoms with Crippen molar-refractivity contribution in [2.24, 2.45) is 7.05 Å². The van der Waals surface area contributed by atoms with Crippen LogP contribution in [0.15, 0.2) is 42.6 Å². The lowest BCUT2D eigenvalue weighted by molar-refractivity contribution is 0.0958. The quantitative estimate of drug-likeness (QED) is 0.872. The summed E-state index contributed by atoms with van der Waals surface area (Å²) in [5.74, 6) is -0.0126. The van der Waals surface area contributed by atoms with Crippen LogP contribution in [0.1, 0.15) is 23.3 Å². The maximum atomic E-state index is 13.0. The lowest BCUT2D eigenvalue weighted by atomic mass is 10.0. The number of aryl methyl sites for hydroxylation is 1. The number of likely N-dealkylation sites (tertiary alicyclic amines) is 1. The number of nitrogens with zero attached hydrogens (tertiary/aromatic N) is 4. The average Bonchev–Trinajstić information content (AvgIpc) is 2.97. The van der Waals surface area contributed by atoms with Gasteiger partial charge in [0.2, 0.25) is 0 Å². The molecule has 2 aromatic rings. The van der Waals surface area contributed by atoms with Crippen LogP contribution in [-0.2, 0) is 7.05 Å². The van der Waals surface area contributed by atoms with E-state index in [0.717, 1.165) is 31.6 Å². The van der Waals surface area contributed by atoms with Gasteiger partial charge in [0.05, 0.1) is 0 Å². The number of benzene rings is 1. The van der Waals surface area contributed by atoms with Gasteiger partial charge in [0.1, 0.15) is 0 Å². The molecule has 1 aromatic carbocycles. The SMILES string of the molecule is CN1CCC(N(C(=O)c2ccn(C)n2)c2ccccc2)CC1. The first kappa shape index (κ1) is 14.8. The molecule has 1 aromatic heterocycles.